The number of nitrogens with zero attached hydrogens (tertiary/aromatic N) is 1. The summed E-state index contributed by atoms with van der Waals surface area (Å²) in [5, 5.41) is 0. The van der Waals surface area contributed by atoms with E-state index >= 15 is 0 Å². The van der Waals surface area contributed by atoms with Crippen LogP contribution in [0.4, 0.5) is 0 Å². The van der Waals surface area contributed by atoms with E-state index in [1.54, 1.807) is 6.33 Å². The average Bonchev–Trinajstić information content (AvgIpc) is 2.74. The standard InChI is InChI=1S/C13H16N2.Xe/c1-9-5-4-6-12(10(9)2)11(3)13-7-14-8-15-13;/h4-8,11H,1-3H3,(H,14,15);/t11-;/m0./s1. The van der Waals surface area contributed by atoms with Crippen molar-refractivity contribution in [2.75, 3.05) is 0 Å². The largest absolute Gasteiger partial charge is 0.348 e. The van der Waals surface area contributed by atoms with Gasteiger partial charge in [0.1, 0.15) is 0 Å². The van der Waals surface area contributed by atoms with Crippen LogP contribution < -0.4 is 0 Å². The number of hydrogen-bond donors (Lipinski definition) is 1. The zero-order valence-corrected chi connectivity index (χ0v) is 11.8. The van der Waals surface area contributed by atoms with E-state index in [9.17, 15) is 0 Å². The van der Waals surface area contributed by atoms with Gasteiger partial charge in [0.15, 0.2) is 0 Å². The predicted octanol–water partition coefficient (Wildman–Crippen LogP) is 3.18. The fourth-order valence-electron chi connectivity index (χ4n) is 1.91. The molecule has 0 fully saturated rings. The van der Waals surface area contributed by atoms with Gasteiger partial charge in [-0.1, -0.05) is 25.1 Å². The van der Waals surface area contributed by atoms with Gasteiger partial charge in [0, 0.05) is 66.7 Å². The van der Waals surface area contributed by atoms with Gasteiger partial charge in [-0.2, -0.15) is 0 Å². The summed E-state index contributed by atoms with van der Waals surface area (Å²) in [4.78, 5) is 7.24. The number of H-pyrrole nitrogens is 1. The Morgan fingerprint density at radius 3 is 2.62 bits per heavy atom. The maximum absolute atomic E-state index is 4.07. The van der Waals surface area contributed by atoms with Gasteiger partial charge in [-0.15, -0.1) is 0 Å². The number of rotatable bonds is 2. The van der Waals surface area contributed by atoms with Crippen molar-refractivity contribution in [3.63, 3.8) is 0 Å². The molecule has 1 heterocycles. The van der Waals surface area contributed by atoms with Crippen LogP contribution in [0.15, 0.2) is 30.7 Å². The number of hydrogen-bond acceptors (Lipinski definition) is 1. The van der Waals surface area contributed by atoms with Gasteiger partial charge in [0.25, 0.3) is 0 Å². The second-order valence-corrected chi connectivity index (χ2v) is 4.02. The van der Waals surface area contributed by atoms with Crippen LogP contribution in [0.1, 0.15) is 35.2 Å². The fourth-order valence-corrected chi connectivity index (χ4v) is 1.91. The normalized spacial score (nSPS) is 11.9. The summed E-state index contributed by atoms with van der Waals surface area (Å²) in [6.07, 6.45) is 3.63. The van der Waals surface area contributed by atoms with Crippen LogP contribution in [0.2, 0.25) is 0 Å². The molecular weight excluding hydrogens is 315 g/mol. The van der Waals surface area contributed by atoms with Gasteiger partial charge >= 0.3 is 0 Å². The van der Waals surface area contributed by atoms with Gasteiger partial charge in [-0.25, -0.2) is 4.98 Å². The van der Waals surface area contributed by atoms with Gasteiger partial charge in [-0.3, -0.25) is 0 Å². The van der Waals surface area contributed by atoms with Crippen molar-refractivity contribution in [2.24, 2.45) is 0 Å². The molecular formula is C13H16N2Xe. The van der Waals surface area contributed by atoms with E-state index in [1.165, 1.54) is 22.4 Å². The third-order valence-corrected chi connectivity index (χ3v) is 3.10. The molecule has 1 N–H and O–H groups in total. The molecule has 2 aromatic rings. The maximum Gasteiger partial charge on any atom is 0.0921 e. The summed E-state index contributed by atoms with van der Waals surface area (Å²) in [6.45, 7) is 6.53. The summed E-state index contributed by atoms with van der Waals surface area (Å²) >= 11 is 0. The molecule has 1 aromatic heterocycles. The summed E-state index contributed by atoms with van der Waals surface area (Å²) in [7, 11) is 0. The molecule has 0 saturated carbocycles. The van der Waals surface area contributed by atoms with E-state index in [1.807, 2.05) is 6.20 Å². The fraction of sp³-hybridized carbons (Fsp3) is 0.308. The topological polar surface area (TPSA) is 28.7 Å². The first-order chi connectivity index (χ1) is 7.20. The first-order valence-electron chi connectivity index (χ1n) is 5.24. The number of imidazole rings is 1. The molecule has 1 atom stereocenters. The van der Waals surface area contributed by atoms with Crippen molar-refractivity contribution >= 4 is 0 Å². The second-order valence-electron chi connectivity index (χ2n) is 4.02. The summed E-state index contributed by atoms with van der Waals surface area (Å²) < 4.78 is 0. The third kappa shape index (κ3) is 2.81. The predicted molar refractivity (Wildman–Crippen MR) is 62.0 cm³/mol. The molecule has 0 aliphatic heterocycles. The van der Waals surface area contributed by atoms with Crippen LogP contribution in [-0.4, -0.2) is 9.97 Å². The van der Waals surface area contributed by atoms with E-state index in [4.69, 9.17) is 0 Å². The molecule has 1 aromatic carbocycles. The second kappa shape index (κ2) is 6.08. The monoisotopic (exact) mass is 332 g/mol. The van der Waals surface area contributed by atoms with Gasteiger partial charge in [-0.05, 0) is 30.5 Å². The van der Waals surface area contributed by atoms with Crippen molar-refractivity contribution in [3.05, 3.63) is 53.1 Å². The molecule has 0 bridgehead atoms. The molecule has 16 heavy (non-hydrogen) atoms. The molecule has 86 valence electrons. The van der Waals surface area contributed by atoms with Crippen molar-refractivity contribution in [3.8, 4) is 0 Å². The number of nitrogens with one attached hydrogen (secondary N) is 1. The van der Waals surface area contributed by atoms with E-state index in [-0.39, 0.29) is 48.9 Å². The van der Waals surface area contributed by atoms with Gasteiger partial charge in [0.2, 0.25) is 0 Å². The van der Waals surface area contributed by atoms with Crippen LogP contribution in [0.3, 0.4) is 0 Å². The third-order valence-electron chi connectivity index (χ3n) is 3.10. The molecule has 2 nitrogen and oxygen atoms in total. The molecule has 2 rings (SSSR count). The van der Waals surface area contributed by atoms with E-state index < -0.39 is 0 Å². The van der Waals surface area contributed by atoms with Crippen molar-refractivity contribution in [1.29, 1.82) is 0 Å². The Morgan fingerprint density at radius 1 is 1.25 bits per heavy atom. The Labute approximate surface area is 137 Å². The molecule has 3 heteroatoms. The van der Waals surface area contributed by atoms with Gasteiger partial charge in [0.05, 0.1) is 6.33 Å². The number of aryl methyl sites for hydroxylation is 1. The summed E-state index contributed by atoms with van der Waals surface area (Å²) in [5.41, 5.74) is 5.27. The minimum Gasteiger partial charge on any atom is -0.348 e. The van der Waals surface area contributed by atoms with Crippen molar-refractivity contribution < 1.29 is 48.9 Å². The Hall–Kier alpha value is 0.00143. The van der Waals surface area contributed by atoms with Crippen LogP contribution in [0.25, 0.3) is 0 Å². The average molecular weight is 332 g/mol. The SMILES string of the molecule is Cc1cccc([C@H](C)c2cnc[nH]2)c1C.[Xe]. The Morgan fingerprint density at radius 2 is 2.00 bits per heavy atom. The molecule has 0 unspecified atom stereocenters. The Kier molecular flexibility index (Phi) is 5.34. The molecule has 0 radical (unpaired) electrons. The zero-order valence-electron chi connectivity index (χ0n) is 9.76. The number of aromatic amines is 1. The quantitative estimate of drug-likeness (QED) is 0.899. The van der Waals surface area contributed by atoms with E-state index in [0.717, 1.165) is 0 Å². The maximum atomic E-state index is 4.07. The van der Waals surface area contributed by atoms with Crippen LogP contribution >= 0.6 is 0 Å². The van der Waals surface area contributed by atoms with Crippen molar-refractivity contribution in [1.82, 2.24) is 9.97 Å². The van der Waals surface area contributed by atoms with Crippen LogP contribution in [0, 0.1) is 62.7 Å². The molecule has 0 spiro atoms. The van der Waals surface area contributed by atoms with Crippen LogP contribution in [-0.2, 0) is 0 Å². The first-order valence-corrected chi connectivity index (χ1v) is 5.24. The summed E-state index contributed by atoms with van der Waals surface area (Å²) in [6, 6.07) is 6.46. The van der Waals surface area contributed by atoms with Crippen LogP contribution in [0.5, 0.6) is 0 Å². The van der Waals surface area contributed by atoms with E-state index in [0.29, 0.717) is 5.92 Å². The molecule has 0 amide bonds. The Balaban J connectivity index is 0.00000128. The van der Waals surface area contributed by atoms with Gasteiger partial charge < -0.3 is 4.98 Å². The molecule has 0 aliphatic rings. The number of benzene rings is 1. The molecule has 0 aliphatic carbocycles. The minimum absolute atomic E-state index is 0. The zero-order chi connectivity index (χ0) is 10.8. The first kappa shape index (κ1) is 14.1. The summed E-state index contributed by atoms with van der Waals surface area (Å²) in [5.74, 6) is 0.382. The van der Waals surface area contributed by atoms with Crippen molar-refractivity contribution in [2.45, 2.75) is 26.7 Å². The molecule has 0 saturated heterocycles. The number of aromatic nitrogens is 2. The smallest absolute Gasteiger partial charge is 0.0921 e. The minimum atomic E-state index is 0. The van der Waals surface area contributed by atoms with E-state index in [2.05, 4.69) is 48.9 Å². The Bertz CT molecular complexity index is 449.